The van der Waals surface area contributed by atoms with Gasteiger partial charge in [-0.05, 0) is 51.4 Å². The number of likely N-dealkylation sites (tertiary alicyclic amines) is 1. The number of ether oxygens (including phenoxy) is 1. The van der Waals surface area contributed by atoms with E-state index in [4.69, 9.17) is 14.9 Å². The Hall–Kier alpha value is -2.16. The maximum absolute atomic E-state index is 12.5. The SMILES string of the molecule is CC(O)C(=O)O.CN1CC[C@]23c4c5ccc(O)c4O[C@H]2C(=O)CC[C@@]3(O)[C@H]1C5. The highest BCUT2D eigenvalue weighted by molar-refractivity contribution is 5.90. The van der Waals surface area contributed by atoms with Gasteiger partial charge in [-0.15, -0.1) is 0 Å². The lowest BCUT2D eigenvalue weighted by Gasteiger charge is -2.61. The Kier molecular flexibility index (Phi) is 4.22. The van der Waals surface area contributed by atoms with Crippen LogP contribution in [-0.2, 0) is 21.4 Å². The molecule has 5 rings (SSSR count). The number of Topliss-reactive ketones (excluding diaryl/α,β-unsaturated/α-hetero) is 1. The molecule has 0 radical (unpaired) electrons. The number of nitrogens with zero attached hydrogens (tertiary/aromatic N) is 1. The molecule has 152 valence electrons. The molecule has 8 heteroatoms. The van der Waals surface area contributed by atoms with E-state index >= 15 is 0 Å². The molecular formula is C20H25NO7. The maximum atomic E-state index is 12.5. The number of aliphatic hydroxyl groups excluding tert-OH is 1. The smallest absolute Gasteiger partial charge is 0.332 e. The summed E-state index contributed by atoms with van der Waals surface area (Å²) in [5, 5.41) is 37.6. The van der Waals surface area contributed by atoms with E-state index in [0.717, 1.165) is 24.1 Å². The first kappa shape index (κ1) is 19.2. The van der Waals surface area contributed by atoms with Gasteiger partial charge >= 0.3 is 5.97 Å². The Balaban J connectivity index is 0.000000283. The molecule has 0 amide bonds. The number of carboxylic acids is 1. The molecule has 2 aliphatic carbocycles. The van der Waals surface area contributed by atoms with Crippen molar-refractivity contribution in [2.75, 3.05) is 13.6 Å². The van der Waals surface area contributed by atoms with Gasteiger partial charge in [-0.2, -0.15) is 0 Å². The van der Waals surface area contributed by atoms with Crippen molar-refractivity contribution in [1.29, 1.82) is 0 Å². The van der Waals surface area contributed by atoms with Crippen molar-refractivity contribution in [2.24, 2.45) is 0 Å². The fourth-order valence-corrected chi connectivity index (χ4v) is 5.54. The summed E-state index contributed by atoms with van der Waals surface area (Å²) in [5.41, 5.74) is 0.370. The monoisotopic (exact) mass is 391 g/mol. The number of aliphatic carboxylic acids is 1. The third kappa shape index (κ3) is 2.28. The molecule has 8 nitrogen and oxygen atoms in total. The van der Waals surface area contributed by atoms with E-state index in [1.807, 2.05) is 13.1 Å². The average molecular weight is 391 g/mol. The van der Waals surface area contributed by atoms with Gasteiger partial charge in [0.25, 0.3) is 0 Å². The second-order valence-electron chi connectivity index (χ2n) is 8.27. The van der Waals surface area contributed by atoms with Gasteiger partial charge in [0.2, 0.25) is 0 Å². The second-order valence-corrected chi connectivity index (χ2v) is 8.27. The topological polar surface area (TPSA) is 128 Å². The van der Waals surface area contributed by atoms with Crippen molar-refractivity contribution in [2.45, 2.75) is 61.9 Å². The first-order chi connectivity index (χ1) is 13.1. The maximum Gasteiger partial charge on any atom is 0.332 e. The lowest BCUT2D eigenvalue weighted by Crippen LogP contribution is -2.76. The number of carbonyl (C=O) groups is 2. The van der Waals surface area contributed by atoms with Crippen LogP contribution < -0.4 is 4.74 Å². The molecule has 1 spiro atoms. The predicted octanol–water partition coefficient (Wildman–Crippen LogP) is 0.197. The van der Waals surface area contributed by atoms with Crippen LogP contribution in [0.3, 0.4) is 0 Å². The Morgan fingerprint density at radius 1 is 1.36 bits per heavy atom. The van der Waals surface area contributed by atoms with Crippen LogP contribution in [0.15, 0.2) is 12.1 Å². The van der Waals surface area contributed by atoms with Gasteiger partial charge in [0.05, 0.1) is 11.0 Å². The second kappa shape index (κ2) is 6.17. The van der Waals surface area contributed by atoms with Gasteiger partial charge in [0, 0.05) is 18.0 Å². The van der Waals surface area contributed by atoms with E-state index in [1.165, 1.54) is 6.92 Å². The van der Waals surface area contributed by atoms with Gasteiger partial charge in [-0.25, -0.2) is 4.79 Å². The highest BCUT2D eigenvalue weighted by Gasteiger charge is 2.72. The standard InChI is InChI=1S/C17H19NO4.C3H6O3/c1-18-7-6-16-13-9-2-3-10(19)14(13)22-15(16)11(20)4-5-17(16,21)12(18)8-9;1-2(4)3(5)6/h2-3,12,15,19,21H,4-8H2,1H3;2,4H,1H3,(H,5,6)/t12-,15+,16+,17-;/m1./s1. The minimum atomic E-state index is -1.23. The molecule has 2 heterocycles. The zero-order valence-electron chi connectivity index (χ0n) is 15.9. The number of hydrogen-bond donors (Lipinski definition) is 4. The van der Waals surface area contributed by atoms with Crippen LogP contribution >= 0.6 is 0 Å². The van der Waals surface area contributed by atoms with Gasteiger partial charge in [-0.3, -0.25) is 4.79 Å². The summed E-state index contributed by atoms with van der Waals surface area (Å²) in [6, 6.07) is 3.57. The number of phenolic OH excluding ortho intramolecular Hbond substituents is 1. The number of carboxylic acid groups (broad SMARTS) is 1. The number of aromatic hydroxyl groups is 1. The molecule has 1 unspecified atom stereocenters. The Morgan fingerprint density at radius 3 is 2.68 bits per heavy atom. The van der Waals surface area contributed by atoms with Crippen LogP contribution in [0.25, 0.3) is 0 Å². The number of phenols is 1. The zero-order valence-corrected chi connectivity index (χ0v) is 15.9. The summed E-state index contributed by atoms with van der Waals surface area (Å²) in [4.78, 5) is 24.2. The lowest BCUT2D eigenvalue weighted by molar-refractivity contribution is -0.185. The summed E-state index contributed by atoms with van der Waals surface area (Å²) in [7, 11) is 2.04. The largest absolute Gasteiger partial charge is 0.504 e. The highest BCUT2D eigenvalue weighted by atomic mass is 16.5. The minimum absolute atomic E-state index is 0.00319. The van der Waals surface area contributed by atoms with Crippen LogP contribution in [0.1, 0.15) is 37.3 Å². The summed E-state index contributed by atoms with van der Waals surface area (Å²) >= 11 is 0. The van der Waals surface area contributed by atoms with Gasteiger partial charge in [0.15, 0.2) is 23.4 Å². The van der Waals surface area contributed by atoms with Gasteiger partial charge in [-0.1, -0.05) is 6.07 Å². The number of likely N-dealkylation sites (N-methyl/N-ethyl adjacent to an activating group) is 1. The molecule has 1 saturated carbocycles. The van der Waals surface area contributed by atoms with Crippen molar-refractivity contribution < 1.29 is 34.8 Å². The molecule has 4 N–H and O–H groups in total. The summed E-state index contributed by atoms with van der Waals surface area (Å²) in [6.45, 7) is 2.02. The average Bonchev–Trinajstić information content (AvgIpc) is 3.00. The third-order valence-electron chi connectivity index (χ3n) is 6.88. The third-order valence-corrected chi connectivity index (χ3v) is 6.88. The number of aliphatic hydroxyl groups is 2. The molecule has 5 atom stereocenters. The number of hydrogen-bond acceptors (Lipinski definition) is 7. The van der Waals surface area contributed by atoms with Crippen LogP contribution in [0.4, 0.5) is 0 Å². The molecule has 1 aromatic carbocycles. The van der Waals surface area contributed by atoms with Crippen molar-refractivity contribution in [3.63, 3.8) is 0 Å². The Labute approximate surface area is 162 Å². The van der Waals surface area contributed by atoms with Gasteiger partial charge in [0.1, 0.15) is 6.10 Å². The van der Waals surface area contributed by atoms with E-state index in [1.54, 1.807) is 6.07 Å². The van der Waals surface area contributed by atoms with Gasteiger partial charge < -0.3 is 30.1 Å². The lowest BCUT2D eigenvalue weighted by atomic mass is 9.49. The van der Waals surface area contributed by atoms with Crippen molar-refractivity contribution in [3.8, 4) is 11.5 Å². The van der Waals surface area contributed by atoms with Crippen LogP contribution in [0.2, 0.25) is 0 Å². The Morgan fingerprint density at radius 2 is 2.04 bits per heavy atom. The first-order valence-electron chi connectivity index (χ1n) is 9.51. The fraction of sp³-hybridized carbons (Fsp3) is 0.600. The van der Waals surface area contributed by atoms with E-state index in [9.17, 15) is 19.8 Å². The molecular weight excluding hydrogens is 366 g/mol. The number of piperidine rings is 1. The zero-order chi connectivity index (χ0) is 20.4. The van der Waals surface area contributed by atoms with E-state index in [-0.39, 0.29) is 17.6 Å². The fourth-order valence-electron chi connectivity index (χ4n) is 5.54. The van der Waals surface area contributed by atoms with E-state index < -0.39 is 29.2 Å². The number of carbonyl (C=O) groups excluding carboxylic acids is 1. The van der Waals surface area contributed by atoms with Crippen molar-refractivity contribution in [1.82, 2.24) is 4.90 Å². The Bertz CT molecular complexity index is 853. The van der Waals surface area contributed by atoms with E-state index in [0.29, 0.717) is 25.0 Å². The van der Waals surface area contributed by atoms with Crippen molar-refractivity contribution in [3.05, 3.63) is 23.3 Å². The first-order valence-corrected chi connectivity index (χ1v) is 9.51. The molecule has 2 aliphatic heterocycles. The van der Waals surface area contributed by atoms with Crippen LogP contribution in [0.5, 0.6) is 11.5 Å². The molecule has 0 aromatic heterocycles. The predicted molar refractivity (Wildman–Crippen MR) is 97.4 cm³/mol. The molecule has 2 fully saturated rings. The molecule has 1 aromatic rings. The van der Waals surface area contributed by atoms with E-state index in [2.05, 4.69) is 4.90 Å². The normalized spacial score (nSPS) is 35.9. The molecule has 4 aliphatic rings. The molecule has 28 heavy (non-hydrogen) atoms. The summed E-state index contributed by atoms with van der Waals surface area (Å²) < 4.78 is 5.94. The number of rotatable bonds is 1. The summed E-state index contributed by atoms with van der Waals surface area (Å²) in [5.74, 6) is -0.624. The highest BCUT2D eigenvalue weighted by Crippen LogP contribution is 2.64. The van der Waals surface area contributed by atoms with Crippen molar-refractivity contribution >= 4 is 11.8 Å². The number of ketones is 1. The quantitative estimate of drug-likeness (QED) is 0.535. The number of benzene rings is 1. The minimum Gasteiger partial charge on any atom is -0.504 e. The molecule has 1 saturated heterocycles. The van der Waals surface area contributed by atoms with Crippen LogP contribution in [0, 0.1) is 0 Å². The molecule has 2 bridgehead atoms. The van der Waals surface area contributed by atoms with Crippen LogP contribution in [-0.4, -0.2) is 74.5 Å². The summed E-state index contributed by atoms with van der Waals surface area (Å²) in [6.07, 6.45) is 0.375.